The second-order valence-corrected chi connectivity index (χ2v) is 6.67. The number of hydrogen-bond donors (Lipinski definition) is 0. The van der Waals surface area contributed by atoms with Crippen LogP contribution in [0.1, 0.15) is 31.0 Å². The minimum absolute atomic E-state index is 0.249. The zero-order valence-electron chi connectivity index (χ0n) is 14.5. The predicted molar refractivity (Wildman–Crippen MR) is 85.0 cm³/mol. The molecular formula is C16H26N4O4. The number of likely N-dealkylation sites (tertiary alicyclic amines) is 2. The average Bonchev–Trinajstić information content (AvgIpc) is 3.18. The molecule has 1 aromatic rings. The van der Waals surface area contributed by atoms with Crippen LogP contribution in [0.5, 0.6) is 0 Å². The molecule has 0 aromatic carbocycles. The van der Waals surface area contributed by atoms with E-state index in [1.54, 1.807) is 14.2 Å². The second kappa shape index (κ2) is 7.58. The highest BCUT2D eigenvalue weighted by Crippen LogP contribution is 2.40. The maximum absolute atomic E-state index is 12.9. The summed E-state index contributed by atoms with van der Waals surface area (Å²) in [5, 5.41) is 3.89. The van der Waals surface area contributed by atoms with Gasteiger partial charge < -0.3 is 18.9 Å². The van der Waals surface area contributed by atoms with Gasteiger partial charge in [0.1, 0.15) is 6.61 Å². The van der Waals surface area contributed by atoms with Gasteiger partial charge in [0, 0.05) is 33.9 Å². The summed E-state index contributed by atoms with van der Waals surface area (Å²) in [4.78, 5) is 21.4. The Bertz CT molecular complexity index is 564. The molecule has 3 heterocycles. The molecule has 0 bridgehead atoms. The van der Waals surface area contributed by atoms with Crippen molar-refractivity contribution >= 4 is 5.91 Å². The summed E-state index contributed by atoms with van der Waals surface area (Å²) in [6.07, 6.45) is 2.92. The molecule has 8 heteroatoms. The number of methoxy groups -OCH3 is 2. The van der Waals surface area contributed by atoms with Crippen molar-refractivity contribution in [1.82, 2.24) is 19.9 Å². The fourth-order valence-corrected chi connectivity index (χ4v) is 3.77. The number of amides is 1. The molecule has 8 nitrogen and oxygen atoms in total. The van der Waals surface area contributed by atoms with Gasteiger partial charge in [0.15, 0.2) is 5.82 Å². The van der Waals surface area contributed by atoms with Gasteiger partial charge in [-0.25, -0.2) is 0 Å². The summed E-state index contributed by atoms with van der Waals surface area (Å²) in [5.74, 6) is 1.42. The summed E-state index contributed by atoms with van der Waals surface area (Å²) in [7, 11) is 3.27. The molecular weight excluding hydrogens is 312 g/mol. The molecule has 0 radical (unpaired) electrons. The molecule has 24 heavy (non-hydrogen) atoms. The van der Waals surface area contributed by atoms with Crippen molar-refractivity contribution in [3.05, 3.63) is 11.7 Å². The van der Waals surface area contributed by atoms with Crippen LogP contribution in [0.25, 0.3) is 0 Å². The molecule has 2 saturated heterocycles. The van der Waals surface area contributed by atoms with Crippen molar-refractivity contribution in [2.24, 2.45) is 5.41 Å². The first-order valence-electron chi connectivity index (χ1n) is 8.48. The summed E-state index contributed by atoms with van der Waals surface area (Å²) in [6, 6.07) is 0. The maximum atomic E-state index is 12.9. The third-order valence-corrected chi connectivity index (χ3v) is 4.96. The van der Waals surface area contributed by atoms with Gasteiger partial charge in [-0.3, -0.25) is 9.69 Å². The van der Waals surface area contributed by atoms with E-state index in [4.69, 9.17) is 14.0 Å². The van der Waals surface area contributed by atoms with Gasteiger partial charge in [-0.2, -0.15) is 4.98 Å². The summed E-state index contributed by atoms with van der Waals surface area (Å²) in [5.41, 5.74) is -0.249. The van der Waals surface area contributed by atoms with Crippen molar-refractivity contribution in [2.75, 3.05) is 47.0 Å². The van der Waals surface area contributed by atoms with Crippen molar-refractivity contribution in [1.29, 1.82) is 0 Å². The Kier molecular flexibility index (Phi) is 5.47. The van der Waals surface area contributed by atoms with Gasteiger partial charge in [-0.05, 0) is 25.8 Å². The molecule has 134 valence electrons. The monoisotopic (exact) mass is 338 g/mol. The van der Waals surface area contributed by atoms with Gasteiger partial charge in [0.25, 0.3) is 0 Å². The summed E-state index contributed by atoms with van der Waals surface area (Å²) >= 11 is 0. The van der Waals surface area contributed by atoms with Crippen molar-refractivity contribution in [3.63, 3.8) is 0 Å². The first kappa shape index (κ1) is 17.3. The number of carbonyl (C=O) groups excluding carboxylic acids is 1. The smallest absolute Gasteiger partial charge is 0.240 e. The zero-order valence-corrected chi connectivity index (χ0v) is 14.5. The van der Waals surface area contributed by atoms with Crippen LogP contribution in [-0.2, 0) is 27.4 Å². The van der Waals surface area contributed by atoms with Crippen LogP contribution < -0.4 is 0 Å². The Morgan fingerprint density at radius 2 is 2.12 bits per heavy atom. The van der Waals surface area contributed by atoms with Crippen LogP contribution >= 0.6 is 0 Å². The van der Waals surface area contributed by atoms with E-state index in [9.17, 15) is 4.79 Å². The molecule has 1 unspecified atom stereocenters. The Labute approximate surface area is 142 Å². The van der Waals surface area contributed by atoms with Crippen molar-refractivity contribution in [2.45, 2.75) is 32.4 Å². The summed E-state index contributed by atoms with van der Waals surface area (Å²) in [6.45, 7) is 4.69. The third kappa shape index (κ3) is 3.60. The topological polar surface area (TPSA) is 80.9 Å². The Morgan fingerprint density at radius 3 is 2.92 bits per heavy atom. The second-order valence-electron chi connectivity index (χ2n) is 6.67. The molecule has 1 aromatic heterocycles. The molecule has 1 amide bonds. The normalized spacial score (nSPS) is 25.1. The highest BCUT2D eigenvalue weighted by Gasteiger charge is 2.48. The first-order valence-corrected chi connectivity index (χ1v) is 8.48. The van der Waals surface area contributed by atoms with Crippen molar-refractivity contribution < 1.29 is 18.8 Å². The lowest BCUT2D eigenvalue weighted by Gasteiger charge is -2.39. The van der Waals surface area contributed by atoms with Gasteiger partial charge in [-0.1, -0.05) is 5.16 Å². The van der Waals surface area contributed by atoms with Crippen LogP contribution in [0, 0.1) is 5.41 Å². The minimum Gasteiger partial charge on any atom is -0.383 e. The van der Waals surface area contributed by atoms with Crippen molar-refractivity contribution in [3.8, 4) is 0 Å². The lowest BCUT2D eigenvalue weighted by molar-refractivity contribution is -0.146. The SMILES string of the molecule is COCCN1CCCC2(CCN(Cc3nc(COC)no3)C2)C1=O. The molecule has 1 spiro atoms. The minimum atomic E-state index is -0.249. The lowest BCUT2D eigenvalue weighted by Crippen LogP contribution is -2.50. The number of ether oxygens (including phenoxy) is 2. The first-order chi connectivity index (χ1) is 11.7. The summed E-state index contributed by atoms with van der Waals surface area (Å²) < 4.78 is 15.4. The Hall–Kier alpha value is -1.51. The van der Waals surface area contributed by atoms with E-state index >= 15 is 0 Å². The van der Waals surface area contributed by atoms with E-state index in [0.29, 0.717) is 38.0 Å². The zero-order chi connectivity index (χ0) is 17.0. The number of carbonyl (C=O) groups is 1. The number of hydrogen-bond acceptors (Lipinski definition) is 7. The molecule has 0 saturated carbocycles. The maximum Gasteiger partial charge on any atom is 0.240 e. The van der Waals surface area contributed by atoms with E-state index in [-0.39, 0.29) is 11.3 Å². The van der Waals surface area contributed by atoms with Gasteiger partial charge in [-0.15, -0.1) is 0 Å². The standard InChI is InChI=1S/C16H26N4O4/c1-22-9-8-20-6-3-4-16(15(20)21)5-7-19(12-16)10-14-17-13(11-23-2)18-24-14/h3-12H2,1-2H3. The fourth-order valence-electron chi connectivity index (χ4n) is 3.77. The quantitative estimate of drug-likeness (QED) is 0.723. The van der Waals surface area contributed by atoms with Crippen LogP contribution in [0.4, 0.5) is 0 Å². The predicted octanol–water partition coefficient (Wildman–Crippen LogP) is 0.677. The number of aromatic nitrogens is 2. The van der Waals surface area contributed by atoms with Gasteiger partial charge >= 0.3 is 0 Å². The molecule has 0 N–H and O–H groups in total. The molecule has 2 fully saturated rings. The van der Waals surface area contributed by atoms with E-state index in [0.717, 1.165) is 38.9 Å². The number of rotatable bonds is 7. The molecule has 3 rings (SSSR count). The van der Waals surface area contributed by atoms with E-state index in [1.807, 2.05) is 4.90 Å². The third-order valence-electron chi connectivity index (χ3n) is 4.96. The van der Waals surface area contributed by atoms with E-state index in [2.05, 4.69) is 15.0 Å². The largest absolute Gasteiger partial charge is 0.383 e. The van der Waals surface area contributed by atoms with Crippen LogP contribution in [0.2, 0.25) is 0 Å². The van der Waals surface area contributed by atoms with Gasteiger partial charge in [0.05, 0.1) is 18.6 Å². The molecule has 1 atom stereocenters. The van der Waals surface area contributed by atoms with Gasteiger partial charge in [0.2, 0.25) is 11.8 Å². The Balaban J connectivity index is 1.59. The van der Waals surface area contributed by atoms with Crippen LogP contribution in [-0.4, -0.2) is 72.9 Å². The van der Waals surface area contributed by atoms with E-state index in [1.165, 1.54) is 0 Å². The number of nitrogens with zero attached hydrogens (tertiary/aromatic N) is 4. The number of piperidine rings is 1. The van der Waals surface area contributed by atoms with Crippen LogP contribution in [0.3, 0.4) is 0 Å². The highest BCUT2D eigenvalue weighted by atomic mass is 16.5. The molecule has 2 aliphatic rings. The highest BCUT2D eigenvalue weighted by molar-refractivity contribution is 5.84. The average molecular weight is 338 g/mol. The lowest BCUT2D eigenvalue weighted by atomic mass is 9.78. The fraction of sp³-hybridized carbons (Fsp3) is 0.812. The Morgan fingerprint density at radius 1 is 1.25 bits per heavy atom. The van der Waals surface area contributed by atoms with Crippen LogP contribution in [0.15, 0.2) is 4.52 Å². The molecule has 0 aliphatic carbocycles. The van der Waals surface area contributed by atoms with E-state index < -0.39 is 0 Å². The molecule has 2 aliphatic heterocycles.